The SMILES string of the molecule is CP(C)(=O)Oc1ccc2c(c1)c(C(=O)Oc1ccccc1)c1ccccc1[n+]2CCCCS(=O)(=O)O. The van der Waals surface area contributed by atoms with Crippen LogP contribution in [0.4, 0.5) is 0 Å². The molecule has 0 saturated carbocycles. The topological polar surface area (TPSA) is 111 Å². The lowest BCUT2D eigenvalue weighted by Crippen LogP contribution is -2.37. The number of nitrogens with zero attached hydrogens (tertiary/aromatic N) is 1. The van der Waals surface area contributed by atoms with Gasteiger partial charge in [-0.3, -0.25) is 9.12 Å². The first-order valence-electron chi connectivity index (χ1n) is 11.4. The average Bonchev–Trinajstić information content (AvgIpc) is 2.80. The molecule has 0 aliphatic rings. The molecule has 0 radical (unpaired) electrons. The lowest BCUT2D eigenvalue weighted by Gasteiger charge is -2.14. The predicted octanol–water partition coefficient (Wildman–Crippen LogP) is 5.08. The molecule has 0 bridgehead atoms. The number of carbonyl (C=O) groups excluding carboxylic acids is 1. The zero-order valence-electron chi connectivity index (χ0n) is 20.0. The monoisotopic (exact) mass is 528 g/mol. The molecule has 188 valence electrons. The van der Waals surface area contributed by atoms with E-state index in [1.807, 2.05) is 34.9 Å². The molecule has 0 saturated heterocycles. The minimum Gasteiger partial charge on any atom is -0.443 e. The number of aromatic nitrogens is 1. The van der Waals surface area contributed by atoms with Gasteiger partial charge in [0.25, 0.3) is 10.1 Å². The van der Waals surface area contributed by atoms with Crippen LogP contribution in [-0.4, -0.2) is 38.0 Å². The van der Waals surface area contributed by atoms with E-state index in [1.165, 1.54) is 13.3 Å². The summed E-state index contributed by atoms with van der Waals surface area (Å²) in [5.41, 5.74) is 1.81. The van der Waals surface area contributed by atoms with E-state index < -0.39 is 23.5 Å². The molecule has 1 aromatic heterocycles. The largest absolute Gasteiger partial charge is 0.443 e. The Labute approximate surface area is 209 Å². The molecular weight excluding hydrogens is 501 g/mol. The van der Waals surface area contributed by atoms with Gasteiger partial charge in [0.15, 0.2) is 0 Å². The van der Waals surface area contributed by atoms with Crippen LogP contribution in [0.15, 0.2) is 72.8 Å². The van der Waals surface area contributed by atoms with Crippen molar-refractivity contribution in [2.45, 2.75) is 19.4 Å². The molecule has 0 aliphatic heterocycles. The summed E-state index contributed by atoms with van der Waals surface area (Å²) >= 11 is 0. The smallest absolute Gasteiger partial charge is 0.345 e. The number of unbranched alkanes of at least 4 members (excludes halogenated alkanes) is 1. The van der Waals surface area contributed by atoms with Crippen LogP contribution in [0.25, 0.3) is 21.8 Å². The van der Waals surface area contributed by atoms with E-state index in [1.54, 1.807) is 42.5 Å². The number of pyridine rings is 1. The van der Waals surface area contributed by atoms with E-state index in [-0.39, 0.29) is 12.2 Å². The number of ether oxygens (including phenoxy) is 1. The summed E-state index contributed by atoms with van der Waals surface area (Å²) < 4.78 is 57.0. The molecule has 0 amide bonds. The maximum atomic E-state index is 13.5. The van der Waals surface area contributed by atoms with Crippen LogP contribution < -0.4 is 13.8 Å². The number of esters is 1. The Bertz CT molecular complexity index is 1580. The highest BCUT2D eigenvalue weighted by molar-refractivity contribution is 7.85. The van der Waals surface area contributed by atoms with Gasteiger partial charge >= 0.3 is 5.97 Å². The van der Waals surface area contributed by atoms with E-state index >= 15 is 0 Å². The Morgan fingerprint density at radius 3 is 2.25 bits per heavy atom. The minimum atomic E-state index is -4.05. The second-order valence-electron chi connectivity index (χ2n) is 8.76. The van der Waals surface area contributed by atoms with Gasteiger partial charge in [-0.25, -0.2) is 4.79 Å². The standard InChI is InChI=1S/C26H26NO7PS/c1-35(2,29)34-20-14-15-24-22(18-20)25(26(28)33-19-10-4-3-5-11-19)21-12-6-7-13-23(21)27(24)16-8-9-17-36(30,31)32/h3-7,10-15,18H,8-9,16-17H2,1-2H3/p+1. The fraction of sp³-hybridized carbons (Fsp3) is 0.231. The van der Waals surface area contributed by atoms with Crippen LogP contribution in [0.5, 0.6) is 11.5 Å². The molecule has 0 atom stereocenters. The zero-order chi connectivity index (χ0) is 25.9. The van der Waals surface area contributed by atoms with Crippen LogP contribution >= 0.6 is 7.37 Å². The van der Waals surface area contributed by atoms with E-state index in [4.69, 9.17) is 13.8 Å². The molecule has 8 nitrogen and oxygen atoms in total. The first-order valence-corrected chi connectivity index (χ1v) is 15.5. The maximum Gasteiger partial charge on any atom is 0.345 e. The van der Waals surface area contributed by atoms with Crippen molar-refractivity contribution in [3.05, 3.63) is 78.4 Å². The molecule has 0 spiro atoms. The number of carbonyl (C=O) groups is 1. The highest BCUT2D eigenvalue weighted by Crippen LogP contribution is 2.40. The molecule has 1 N–H and O–H groups in total. The third kappa shape index (κ3) is 6.29. The van der Waals surface area contributed by atoms with Crippen molar-refractivity contribution in [1.82, 2.24) is 0 Å². The summed E-state index contributed by atoms with van der Waals surface area (Å²) in [7, 11) is -6.91. The van der Waals surface area contributed by atoms with Gasteiger partial charge in [0, 0.05) is 31.9 Å². The first-order chi connectivity index (χ1) is 17.0. The van der Waals surface area contributed by atoms with Gasteiger partial charge in [-0.2, -0.15) is 13.0 Å². The van der Waals surface area contributed by atoms with Crippen LogP contribution in [0.3, 0.4) is 0 Å². The molecular formula is C26H27NO7PS+. The number of para-hydroxylation sites is 2. The summed E-state index contributed by atoms with van der Waals surface area (Å²) in [4.78, 5) is 13.5. The van der Waals surface area contributed by atoms with Gasteiger partial charge in [0.2, 0.25) is 18.4 Å². The van der Waals surface area contributed by atoms with E-state index in [2.05, 4.69) is 0 Å². The van der Waals surface area contributed by atoms with Crippen LogP contribution in [-0.2, 0) is 21.2 Å². The zero-order valence-corrected chi connectivity index (χ0v) is 21.7. The number of hydrogen-bond acceptors (Lipinski definition) is 6. The second-order valence-corrected chi connectivity index (χ2v) is 13.0. The van der Waals surface area contributed by atoms with Crippen LogP contribution in [0.2, 0.25) is 0 Å². The van der Waals surface area contributed by atoms with Crippen molar-refractivity contribution in [3.63, 3.8) is 0 Å². The van der Waals surface area contributed by atoms with Crippen molar-refractivity contribution < 1.29 is 36.2 Å². The van der Waals surface area contributed by atoms with Crippen LogP contribution in [0, 0.1) is 0 Å². The average molecular weight is 529 g/mol. The fourth-order valence-electron chi connectivity index (χ4n) is 4.12. The number of fused-ring (bicyclic) bond motifs is 2. The number of aryl methyl sites for hydroxylation is 1. The van der Waals surface area contributed by atoms with Gasteiger partial charge in [0.05, 0.1) is 22.1 Å². The van der Waals surface area contributed by atoms with Gasteiger partial charge in [-0.1, -0.05) is 30.3 Å². The number of hydrogen-bond donors (Lipinski definition) is 1. The van der Waals surface area contributed by atoms with Gasteiger partial charge < -0.3 is 9.26 Å². The molecule has 4 rings (SSSR count). The molecule has 3 aromatic carbocycles. The predicted molar refractivity (Wildman–Crippen MR) is 139 cm³/mol. The minimum absolute atomic E-state index is 0.273. The lowest BCUT2D eigenvalue weighted by molar-refractivity contribution is -0.645. The second kappa shape index (κ2) is 10.4. The van der Waals surface area contributed by atoms with E-state index in [0.717, 1.165) is 5.52 Å². The Kier molecular flexibility index (Phi) is 7.45. The van der Waals surface area contributed by atoms with E-state index in [0.29, 0.717) is 46.3 Å². The summed E-state index contributed by atoms with van der Waals surface area (Å²) in [6.45, 7) is 3.47. The van der Waals surface area contributed by atoms with Gasteiger partial charge in [-0.15, -0.1) is 0 Å². The lowest BCUT2D eigenvalue weighted by atomic mass is 10.0. The van der Waals surface area contributed by atoms with Crippen molar-refractivity contribution >= 4 is 45.3 Å². The maximum absolute atomic E-state index is 13.5. The third-order valence-electron chi connectivity index (χ3n) is 5.51. The Balaban J connectivity index is 1.88. The first kappa shape index (κ1) is 25.8. The third-order valence-corrected chi connectivity index (χ3v) is 6.96. The highest BCUT2D eigenvalue weighted by Gasteiger charge is 2.26. The van der Waals surface area contributed by atoms with Crippen molar-refractivity contribution in [1.29, 1.82) is 0 Å². The van der Waals surface area contributed by atoms with Crippen molar-refractivity contribution in [2.24, 2.45) is 0 Å². The van der Waals surface area contributed by atoms with Crippen LogP contribution in [0.1, 0.15) is 23.2 Å². The quantitative estimate of drug-likeness (QED) is 0.0613. The van der Waals surface area contributed by atoms with Crippen molar-refractivity contribution in [3.8, 4) is 11.5 Å². The molecule has 0 unspecified atom stereocenters. The summed E-state index contributed by atoms with van der Waals surface area (Å²) in [6.07, 6.45) is 0.754. The van der Waals surface area contributed by atoms with Gasteiger partial charge in [-0.05, 0) is 36.8 Å². The molecule has 0 aliphatic carbocycles. The number of benzene rings is 3. The Hall–Kier alpha value is -3.26. The fourth-order valence-corrected chi connectivity index (χ4v) is 5.31. The molecule has 0 fully saturated rings. The molecule has 1 heterocycles. The Morgan fingerprint density at radius 2 is 1.56 bits per heavy atom. The summed E-state index contributed by atoms with van der Waals surface area (Å²) in [5, 5.41) is 1.20. The molecule has 10 heteroatoms. The normalized spacial score (nSPS) is 12.1. The Morgan fingerprint density at radius 1 is 0.889 bits per heavy atom. The van der Waals surface area contributed by atoms with Crippen molar-refractivity contribution in [2.75, 3.05) is 19.1 Å². The summed E-state index contributed by atoms with van der Waals surface area (Å²) in [6, 6.07) is 21.3. The number of rotatable bonds is 9. The molecule has 36 heavy (non-hydrogen) atoms. The highest BCUT2D eigenvalue weighted by atomic mass is 32.2. The van der Waals surface area contributed by atoms with E-state index in [9.17, 15) is 17.8 Å². The molecule has 4 aromatic rings. The van der Waals surface area contributed by atoms with Gasteiger partial charge in [0.1, 0.15) is 18.0 Å². The summed E-state index contributed by atoms with van der Waals surface area (Å²) in [5.74, 6) is -0.113.